The molecule has 6 heteroatoms. The second-order valence-electron chi connectivity index (χ2n) is 5.46. The Bertz CT molecular complexity index is 615. The first kappa shape index (κ1) is 16.7. The molecule has 1 aromatic carbocycles. The molecule has 1 heterocycles. The zero-order valence-corrected chi connectivity index (χ0v) is 14.8. The summed E-state index contributed by atoms with van der Waals surface area (Å²) < 4.78 is 1.10. The molecule has 0 radical (unpaired) electrons. The van der Waals surface area contributed by atoms with Crippen LogP contribution < -0.4 is 10.6 Å². The molecule has 0 aliphatic heterocycles. The molecule has 22 heavy (non-hydrogen) atoms. The van der Waals surface area contributed by atoms with Crippen molar-refractivity contribution in [1.29, 1.82) is 0 Å². The highest BCUT2D eigenvalue weighted by atomic mass is 79.9. The first-order chi connectivity index (χ1) is 10.5. The molecule has 2 rings (SSSR count). The molecular weight excluding hydrogens is 342 g/mol. The second kappa shape index (κ2) is 8.10. The van der Waals surface area contributed by atoms with Crippen LogP contribution in [0.2, 0.25) is 0 Å². The fourth-order valence-electron chi connectivity index (χ4n) is 2.00. The molecule has 0 fully saturated rings. The fourth-order valence-corrected chi connectivity index (χ4v) is 2.25. The van der Waals surface area contributed by atoms with Gasteiger partial charge < -0.3 is 15.5 Å². The number of hydrogen-bond acceptors (Lipinski definition) is 5. The van der Waals surface area contributed by atoms with E-state index in [0.29, 0.717) is 0 Å². The van der Waals surface area contributed by atoms with Crippen LogP contribution in [0.3, 0.4) is 0 Å². The van der Waals surface area contributed by atoms with Crippen LogP contribution >= 0.6 is 15.9 Å². The molecule has 0 bridgehead atoms. The number of hydrogen-bond donors (Lipinski definition) is 2. The van der Waals surface area contributed by atoms with E-state index in [0.717, 1.165) is 41.3 Å². The summed E-state index contributed by atoms with van der Waals surface area (Å²) in [6, 6.07) is 8.05. The smallest absolute Gasteiger partial charge is 0.135 e. The molecule has 2 aromatic rings. The van der Waals surface area contributed by atoms with Crippen molar-refractivity contribution >= 4 is 33.3 Å². The van der Waals surface area contributed by atoms with E-state index in [2.05, 4.69) is 68.5 Å². The highest BCUT2D eigenvalue weighted by Gasteiger charge is 2.01. The summed E-state index contributed by atoms with van der Waals surface area (Å²) in [6.07, 6.45) is 2.65. The zero-order chi connectivity index (χ0) is 15.9. The lowest BCUT2D eigenvalue weighted by Crippen LogP contribution is -2.16. The maximum absolute atomic E-state index is 4.26. The van der Waals surface area contributed by atoms with E-state index in [-0.39, 0.29) is 0 Å². The van der Waals surface area contributed by atoms with Gasteiger partial charge in [0.1, 0.15) is 18.0 Å². The van der Waals surface area contributed by atoms with Crippen molar-refractivity contribution in [2.75, 3.05) is 37.8 Å². The molecular formula is C16H22BrN5. The van der Waals surface area contributed by atoms with Crippen LogP contribution in [-0.4, -0.2) is 42.1 Å². The summed E-state index contributed by atoms with van der Waals surface area (Å²) in [5, 5.41) is 6.62. The zero-order valence-electron chi connectivity index (χ0n) is 13.2. The SMILES string of the molecule is Cc1cc(Nc2cc(NCCCN(C)C)ncn2)ccc1Br. The van der Waals surface area contributed by atoms with Crippen molar-refractivity contribution in [2.45, 2.75) is 13.3 Å². The molecule has 0 aliphatic rings. The topological polar surface area (TPSA) is 53.1 Å². The van der Waals surface area contributed by atoms with E-state index < -0.39 is 0 Å². The van der Waals surface area contributed by atoms with Crippen LogP contribution in [-0.2, 0) is 0 Å². The Morgan fingerprint density at radius 1 is 1.14 bits per heavy atom. The summed E-state index contributed by atoms with van der Waals surface area (Å²) >= 11 is 3.50. The van der Waals surface area contributed by atoms with Crippen molar-refractivity contribution < 1.29 is 0 Å². The minimum absolute atomic E-state index is 0.784. The van der Waals surface area contributed by atoms with Crippen LogP contribution in [0.15, 0.2) is 35.1 Å². The molecule has 2 N–H and O–H groups in total. The Morgan fingerprint density at radius 2 is 1.91 bits per heavy atom. The molecule has 0 aliphatic carbocycles. The number of nitrogens with one attached hydrogen (secondary N) is 2. The number of rotatable bonds is 7. The minimum Gasteiger partial charge on any atom is -0.370 e. The number of nitrogens with zero attached hydrogens (tertiary/aromatic N) is 3. The van der Waals surface area contributed by atoms with Gasteiger partial charge in [0.2, 0.25) is 0 Å². The summed E-state index contributed by atoms with van der Waals surface area (Å²) in [5.74, 6) is 1.62. The predicted molar refractivity (Wildman–Crippen MR) is 95.9 cm³/mol. The lowest BCUT2D eigenvalue weighted by molar-refractivity contribution is 0.405. The quantitative estimate of drug-likeness (QED) is 0.735. The van der Waals surface area contributed by atoms with Crippen LogP contribution in [0, 0.1) is 6.92 Å². The van der Waals surface area contributed by atoms with Gasteiger partial charge in [-0.1, -0.05) is 15.9 Å². The van der Waals surface area contributed by atoms with Crippen molar-refractivity contribution in [3.8, 4) is 0 Å². The molecule has 0 saturated carbocycles. The fraction of sp³-hybridized carbons (Fsp3) is 0.375. The van der Waals surface area contributed by atoms with Crippen molar-refractivity contribution in [3.63, 3.8) is 0 Å². The van der Waals surface area contributed by atoms with Crippen LogP contribution in [0.4, 0.5) is 17.3 Å². The van der Waals surface area contributed by atoms with Gasteiger partial charge in [0.15, 0.2) is 0 Å². The lowest BCUT2D eigenvalue weighted by atomic mass is 10.2. The number of aryl methyl sites for hydroxylation is 1. The molecule has 5 nitrogen and oxygen atoms in total. The third-order valence-corrected chi connectivity index (χ3v) is 4.08. The van der Waals surface area contributed by atoms with Gasteiger partial charge in [-0.05, 0) is 57.7 Å². The first-order valence-corrected chi connectivity index (χ1v) is 8.08. The normalized spacial score (nSPS) is 10.8. The molecule has 0 spiro atoms. The van der Waals surface area contributed by atoms with Crippen LogP contribution in [0.5, 0.6) is 0 Å². The second-order valence-corrected chi connectivity index (χ2v) is 6.32. The van der Waals surface area contributed by atoms with Crippen molar-refractivity contribution in [1.82, 2.24) is 14.9 Å². The largest absolute Gasteiger partial charge is 0.370 e. The van der Waals surface area contributed by atoms with E-state index in [4.69, 9.17) is 0 Å². The van der Waals surface area contributed by atoms with E-state index in [9.17, 15) is 0 Å². The average Bonchev–Trinajstić information content (AvgIpc) is 2.48. The minimum atomic E-state index is 0.784. The van der Waals surface area contributed by atoms with Gasteiger partial charge >= 0.3 is 0 Å². The van der Waals surface area contributed by atoms with E-state index in [1.807, 2.05) is 18.2 Å². The van der Waals surface area contributed by atoms with Gasteiger partial charge in [-0.3, -0.25) is 0 Å². The lowest BCUT2D eigenvalue weighted by Gasteiger charge is -2.11. The predicted octanol–water partition coefficient (Wildman–Crippen LogP) is 3.65. The number of aromatic nitrogens is 2. The standard InChI is InChI=1S/C16H22BrN5/c1-12-9-13(5-6-14(12)17)21-16-10-15(19-11-20-16)18-7-4-8-22(2)3/h5-6,9-11H,4,7-8H2,1-3H3,(H2,18,19,20,21). The Morgan fingerprint density at radius 3 is 2.64 bits per heavy atom. The van der Waals surface area contributed by atoms with Crippen LogP contribution in [0.25, 0.3) is 0 Å². The van der Waals surface area contributed by atoms with Gasteiger partial charge in [-0.15, -0.1) is 0 Å². The Hall–Kier alpha value is -1.66. The van der Waals surface area contributed by atoms with E-state index in [1.165, 1.54) is 5.56 Å². The summed E-state index contributed by atoms with van der Waals surface area (Å²) in [5.41, 5.74) is 2.19. The number of anilines is 3. The molecule has 0 unspecified atom stereocenters. The maximum atomic E-state index is 4.26. The molecule has 118 valence electrons. The van der Waals surface area contributed by atoms with Crippen molar-refractivity contribution in [3.05, 3.63) is 40.6 Å². The molecule has 0 amide bonds. The number of benzene rings is 1. The molecule has 1 aromatic heterocycles. The monoisotopic (exact) mass is 363 g/mol. The Kier molecular flexibility index (Phi) is 6.15. The summed E-state index contributed by atoms with van der Waals surface area (Å²) in [6.45, 7) is 4.01. The third kappa shape index (κ3) is 5.27. The molecule has 0 saturated heterocycles. The number of halogens is 1. The maximum Gasteiger partial charge on any atom is 0.135 e. The van der Waals surface area contributed by atoms with E-state index in [1.54, 1.807) is 6.33 Å². The van der Waals surface area contributed by atoms with Gasteiger partial charge in [0.25, 0.3) is 0 Å². The van der Waals surface area contributed by atoms with Crippen molar-refractivity contribution in [2.24, 2.45) is 0 Å². The van der Waals surface area contributed by atoms with Gasteiger partial charge in [-0.2, -0.15) is 0 Å². The average molecular weight is 364 g/mol. The van der Waals surface area contributed by atoms with E-state index >= 15 is 0 Å². The Balaban J connectivity index is 1.94. The van der Waals surface area contributed by atoms with Gasteiger partial charge in [0, 0.05) is 22.8 Å². The Labute approximate surface area is 140 Å². The first-order valence-electron chi connectivity index (χ1n) is 7.28. The summed E-state index contributed by atoms with van der Waals surface area (Å²) in [4.78, 5) is 10.7. The third-order valence-electron chi connectivity index (χ3n) is 3.19. The summed E-state index contributed by atoms with van der Waals surface area (Å²) in [7, 11) is 4.15. The van der Waals surface area contributed by atoms with Gasteiger partial charge in [0.05, 0.1) is 0 Å². The van der Waals surface area contributed by atoms with Gasteiger partial charge in [-0.25, -0.2) is 9.97 Å². The highest BCUT2D eigenvalue weighted by Crippen LogP contribution is 2.22. The molecule has 0 atom stereocenters. The highest BCUT2D eigenvalue weighted by molar-refractivity contribution is 9.10. The van der Waals surface area contributed by atoms with Crippen LogP contribution in [0.1, 0.15) is 12.0 Å².